The summed E-state index contributed by atoms with van der Waals surface area (Å²) in [6.45, 7) is 4.81. The first-order valence-corrected chi connectivity index (χ1v) is 14.2. The molecule has 0 bridgehead atoms. The number of carbonyl (C=O) groups is 2. The maximum Gasteiger partial charge on any atom is 0.261 e. The molecule has 0 aliphatic heterocycles. The minimum absolute atomic E-state index is 0.153. The molecule has 5 nitrogen and oxygen atoms in total. The molecule has 1 atom stereocenters. The molecule has 39 heavy (non-hydrogen) atoms. The number of halogens is 1. The molecule has 4 rings (SSSR count). The number of nitrogens with zero attached hydrogens (tertiary/aromatic N) is 1. The zero-order valence-corrected chi connectivity index (χ0v) is 24.1. The van der Waals surface area contributed by atoms with Crippen molar-refractivity contribution in [2.45, 2.75) is 45.7 Å². The van der Waals surface area contributed by atoms with Gasteiger partial charge in [0.1, 0.15) is 11.8 Å². The van der Waals surface area contributed by atoms with E-state index in [1.807, 2.05) is 91.9 Å². The average Bonchev–Trinajstić information content (AvgIpc) is 2.95. The van der Waals surface area contributed by atoms with Gasteiger partial charge in [0.05, 0.1) is 4.47 Å². The lowest BCUT2D eigenvalue weighted by Gasteiger charge is -2.31. The first-order chi connectivity index (χ1) is 19.0. The van der Waals surface area contributed by atoms with Gasteiger partial charge in [-0.15, -0.1) is 0 Å². The molecule has 0 saturated heterocycles. The number of hydrogen-bond acceptors (Lipinski definition) is 3. The number of hydrogen-bond donors (Lipinski definition) is 1. The molecule has 0 fully saturated rings. The first kappa shape index (κ1) is 28.4. The van der Waals surface area contributed by atoms with E-state index in [1.54, 1.807) is 4.90 Å². The van der Waals surface area contributed by atoms with Crippen molar-refractivity contribution in [1.29, 1.82) is 0 Å². The number of ether oxygens (including phenoxy) is 1. The van der Waals surface area contributed by atoms with E-state index in [9.17, 15) is 9.59 Å². The van der Waals surface area contributed by atoms with Crippen molar-refractivity contribution in [3.05, 3.63) is 112 Å². The second-order valence-electron chi connectivity index (χ2n) is 9.75. The Bertz CT molecular complexity index is 1410. The Morgan fingerprint density at radius 1 is 0.923 bits per heavy atom. The van der Waals surface area contributed by atoms with Gasteiger partial charge in [-0.2, -0.15) is 0 Å². The predicted octanol–water partition coefficient (Wildman–Crippen LogP) is 6.85. The van der Waals surface area contributed by atoms with Gasteiger partial charge in [-0.1, -0.05) is 104 Å². The third-order valence-electron chi connectivity index (χ3n) is 6.72. The zero-order chi connectivity index (χ0) is 27.6. The number of fused-ring (bicyclic) bond motifs is 1. The molecule has 202 valence electrons. The molecule has 0 unspecified atom stereocenters. The standard InChI is InChI=1S/C33H35BrN2O3/c1-3-4-19-35-33(38)29(21-25-12-6-5-7-13-25)36(22-26-14-10-11-24(2)20-26)31(37)23-39-30-18-17-27-15-8-9-16-28(27)32(30)34/h5-18,20,29H,3-4,19,21-23H2,1-2H3,(H,35,38)/t29-/m0/s1. The second kappa shape index (κ2) is 13.9. The lowest BCUT2D eigenvalue weighted by molar-refractivity contribution is -0.142. The molecule has 0 spiro atoms. The van der Waals surface area contributed by atoms with Crippen LogP contribution in [0.2, 0.25) is 0 Å². The van der Waals surface area contributed by atoms with Crippen LogP contribution in [0.5, 0.6) is 5.75 Å². The summed E-state index contributed by atoms with van der Waals surface area (Å²) in [5.41, 5.74) is 3.06. The Kier molecular flexibility index (Phi) is 10.1. The molecular formula is C33H35BrN2O3. The van der Waals surface area contributed by atoms with Crippen molar-refractivity contribution in [3.63, 3.8) is 0 Å². The van der Waals surface area contributed by atoms with E-state index in [0.29, 0.717) is 25.3 Å². The maximum atomic E-state index is 13.9. The molecule has 4 aromatic carbocycles. The fourth-order valence-electron chi connectivity index (χ4n) is 4.61. The summed E-state index contributed by atoms with van der Waals surface area (Å²) in [5, 5.41) is 5.15. The highest BCUT2D eigenvalue weighted by Crippen LogP contribution is 2.33. The number of unbranched alkanes of at least 4 members (excludes halogenated alkanes) is 1. The lowest BCUT2D eigenvalue weighted by Crippen LogP contribution is -2.51. The van der Waals surface area contributed by atoms with E-state index < -0.39 is 6.04 Å². The molecule has 4 aromatic rings. The van der Waals surface area contributed by atoms with Crippen LogP contribution in [0.15, 0.2) is 95.5 Å². The Labute approximate surface area is 239 Å². The van der Waals surface area contributed by atoms with Crippen LogP contribution in [0.25, 0.3) is 10.8 Å². The molecule has 0 radical (unpaired) electrons. The van der Waals surface area contributed by atoms with Gasteiger partial charge in [-0.25, -0.2) is 0 Å². The van der Waals surface area contributed by atoms with Gasteiger partial charge in [0, 0.05) is 19.5 Å². The highest BCUT2D eigenvalue weighted by atomic mass is 79.9. The van der Waals surface area contributed by atoms with E-state index in [-0.39, 0.29) is 18.4 Å². The largest absolute Gasteiger partial charge is 0.483 e. The Hall–Kier alpha value is -3.64. The van der Waals surface area contributed by atoms with Gasteiger partial charge in [0.2, 0.25) is 5.91 Å². The summed E-state index contributed by atoms with van der Waals surface area (Å²) in [4.78, 5) is 29.1. The summed E-state index contributed by atoms with van der Waals surface area (Å²) in [5.74, 6) is 0.188. The van der Waals surface area contributed by atoms with Gasteiger partial charge in [-0.05, 0) is 57.2 Å². The van der Waals surface area contributed by atoms with Crippen molar-refractivity contribution in [2.75, 3.05) is 13.2 Å². The van der Waals surface area contributed by atoms with Gasteiger partial charge in [0.25, 0.3) is 5.91 Å². The Balaban J connectivity index is 1.62. The van der Waals surface area contributed by atoms with Crippen molar-refractivity contribution < 1.29 is 14.3 Å². The number of carbonyl (C=O) groups excluding carboxylic acids is 2. The van der Waals surface area contributed by atoms with E-state index in [4.69, 9.17) is 4.74 Å². The van der Waals surface area contributed by atoms with Gasteiger partial charge >= 0.3 is 0 Å². The SMILES string of the molecule is CCCCNC(=O)[C@H](Cc1ccccc1)N(Cc1cccc(C)c1)C(=O)COc1ccc2ccccc2c1Br. The van der Waals surface area contributed by atoms with Crippen molar-refractivity contribution in [3.8, 4) is 5.75 Å². The number of benzene rings is 4. The lowest BCUT2D eigenvalue weighted by atomic mass is 10.0. The van der Waals surface area contributed by atoms with Crippen molar-refractivity contribution >= 4 is 38.5 Å². The third-order valence-corrected chi connectivity index (χ3v) is 7.53. The Morgan fingerprint density at radius 2 is 1.67 bits per heavy atom. The van der Waals surface area contributed by atoms with Crippen molar-refractivity contribution in [2.24, 2.45) is 0 Å². The fourth-order valence-corrected chi connectivity index (χ4v) is 5.22. The zero-order valence-electron chi connectivity index (χ0n) is 22.5. The topological polar surface area (TPSA) is 58.6 Å². The summed E-state index contributed by atoms with van der Waals surface area (Å²) in [7, 11) is 0. The van der Waals surface area contributed by atoms with Crippen LogP contribution in [0.1, 0.15) is 36.5 Å². The maximum absolute atomic E-state index is 13.9. The van der Waals surface area contributed by atoms with E-state index >= 15 is 0 Å². The number of nitrogens with one attached hydrogen (secondary N) is 1. The van der Waals surface area contributed by atoms with E-state index in [0.717, 1.165) is 44.8 Å². The van der Waals surface area contributed by atoms with Crippen LogP contribution >= 0.6 is 15.9 Å². The number of rotatable bonds is 12. The predicted molar refractivity (Wildman–Crippen MR) is 161 cm³/mol. The summed E-state index contributed by atoms with van der Waals surface area (Å²) in [6.07, 6.45) is 2.27. The molecule has 6 heteroatoms. The highest BCUT2D eigenvalue weighted by molar-refractivity contribution is 9.10. The quantitative estimate of drug-likeness (QED) is 0.185. The van der Waals surface area contributed by atoms with E-state index in [1.165, 1.54) is 0 Å². The normalized spacial score (nSPS) is 11.7. The van der Waals surface area contributed by atoms with Crippen LogP contribution in [0, 0.1) is 6.92 Å². The first-order valence-electron chi connectivity index (χ1n) is 13.4. The molecule has 0 heterocycles. The molecule has 2 amide bonds. The highest BCUT2D eigenvalue weighted by Gasteiger charge is 2.30. The van der Waals surface area contributed by atoms with Crippen LogP contribution in [-0.2, 0) is 22.6 Å². The van der Waals surface area contributed by atoms with Gasteiger partial charge in [-0.3, -0.25) is 9.59 Å². The molecule has 0 aliphatic rings. The van der Waals surface area contributed by atoms with Crippen molar-refractivity contribution in [1.82, 2.24) is 10.2 Å². The van der Waals surface area contributed by atoms with Gasteiger partial charge < -0.3 is 15.0 Å². The minimum atomic E-state index is -0.680. The average molecular weight is 588 g/mol. The van der Waals surface area contributed by atoms with Crippen LogP contribution in [0.3, 0.4) is 0 Å². The minimum Gasteiger partial charge on any atom is -0.483 e. The summed E-state index contributed by atoms with van der Waals surface area (Å²) in [6, 6.07) is 29.0. The third kappa shape index (κ3) is 7.70. The van der Waals surface area contributed by atoms with Crippen LogP contribution in [-0.4, -0.2) is 35.9 Å². The second-order valence-corrected chi connectivity index (χ2v) is 10.5. The molecule has 1 N–H and O–H groups in total. The number of aryl methyl sites for hydroxylation is 1. The van der Waals surface area contributed by atoms with Crippen LogP contribution < -0.4 is 10.1 Å². The monoisotopic (exact) mass is 586 g/mol. The van der Waals surface area contributed by atoms with Crippen LogP contribution in [0.4, 0.5) is 0 Å². The van der Waals surface area contributed by atoms with Gasteiger partial charge in [0.15, 0.2) is 6.61 Å². The summed E-state index contributed by atoms with van der Waals surface area (Å²) >= 11 is 3.65. The molecule has 0 aromatic heterocycles. The fraction of sp³-hybridized carbons (Fsp3) is 0.273. The smallest absolute Gasteiger partial charge is 0.261 e. The molecule has 0 aliphatic carbocycles. The summed E-state index contributed by atoms with van der Waals surface area (Å²) < 4.78 is 6.86. The molecular weight excluding hydrogens is 552 g/mol. The Morgan fingerprint density at radius 3 is 2.44 bits per heavy atom. The number of amides is 2. The van der Waals surface area contributed by atoms with E-state index in [2.05, 4.69) is 34.2 Å². The molecule has 0 saturated carbocycles.